The highest BCUT2D eigenvalue weighted by Crippen LogP contribution is 2.25. The second kappa shape index (κ2) is 5.21. The summed E-state index contributed by atoms with van der Waals surface area (Å²) in [6.45, 7) is 0.930. The van der Waals surface area contributed by atoms with E-state index in [1.165, 1.54) is 12.4 Å². The summed E-state index contributed by atoms with van der Waals surface area (Å²) < 4.78 is 38.7. The van der Waals surface area contributed by atoms with Gasteiger partial charge in [0.15, 0.2) is 0 Å². The molecule has 0 aliphatic rings. The number of alkyl halides is 3. The fourth-order valence-electron chi connectivity index (χ4n) is 2.10. The Morgan fingerprint density at radius 1 is 1.42 bits per heavy atom. The van der Waals surface area contributed by atoms with Gasteiger partial charge in [0, 0.05) is 23.8 Å². The van der Waals surface area contributed by atoms with E-state index in [0.717, 1.165) is 21.9 Å². The molecule has 0 saturated heterocycles. The topological polar surface area (TPSA) is 43.8 Å². The molecule has 2 aromatic heterocycles. The number of rotatable bonds is 4. The molecule has 0 aliphatic carbocycles. The van der Waals surface area contributed by atoms with Crippen LogP contribution in [0.3, 0.4) is 0 Å². The van der Waals surface area contributed by atoms with E-state index in [9.17, 15) is 13.2 Å². The van der Waals surface area contributed by atoms with Crippen LogP contribution in [0.4, 0.5) is 13.2 Å². The maximum absolute atomic E-state index is 12.5. The first kappa shape index (κ1) is 13.9. The van der Waals surface area contributed by atoms with Crippen LogP contribution in [-0.2, 0) is 13.0 Å². The van der Waals surface area contributed by atoms with Gasteiger partial charge in [-0.1, -0.05) is 6.92 Å². The van der Waals surface area contributed by atoms with E-state index in [1.807, 2.05) is 6.92 Å². The molecule has 2 heterocycles. The second-order valence-corrected chi connectivity index (χ2v) is 4.64. The van der Waals surface area contributed by atoms with Gasteiger partial charge in [0.25, 0.3) is 0 Å². The summed E-state index contributed by atoms with van der Waals surface area (Å²) in [6, 6.07) is 3.46. The number of nitrogens with zero attached hydrogens (tertiary/aromatic N) is 2. The molecule has 1 atom stereocenters. The van der Waals surface area contributed by atoms with Crippen LogP contribution in [0.15, 0.2) is 24.5 Å². The number of halogens is 3. The van der Waals surface area contributed by atoms with Gasteiger partial charge in [-0.2, -0.15) is 13.2 Å². The Morgan fingerprint density at radius 2 is 2.16 bits per heavy atom. The smallest absolute Gasteiger partial charge is 0.327 e. The predicted octanol–water partition coefficient (Wildman–Crippen LogP) is 2.88. The zero-order chi connectivity index (χ0) is 14.0. The van der Waals surface area contributed by atoms with Crippen molar-refractivity contribution in [2.24, 2.45) is 5.73 Å². The maximum atomic E-state index is 12.5. The zero-order valence-electron chi connectivity index (χ0n) is 10.6. The van der Waals surface area contributed by atoms with Gasteiger partial charge in [0.05, 0.1) is 0 Å². The molecular weight excluding hydrogens is 255 g/mol. The van der Waals surface area contributed by atoms with Crippen molar-refractivity contribution in [3.63, 3.8) is 0 Å². The summed E-state index contributed by atoms with van der Waals surface area (Å²) in [5.74, 6) is 0. The number of hydrogen-bond acceptors (Lipinski definition) is 2. The Bertz CT molecular complexity index is 560. The average Bonchev–Trinajstić information content (AvgIpc) is 2.66. The number of aromatic nitrogens is 2. The summed E-state index contributed by atoms with van der Waals surface area (Å²) in [5, 5.41) is 0.746. The van der Waals surface area contributed by atoms with Crippen molar-refractivity contribution in [2.45, 2.75) is 38.5 Å². The molecule has 2 N–H and O–H groups in total. The number of nitrogens with two attached hydrogens (primary N) is 1. The van der Waals surface area contributed by atoms with Gasteiger partial charge in [-0.3, -0.25) is 0 Å². The van der Waals surface area contributed by atoms with Gasteiger partial charge in [-0.15, -0.1) is 0 Å². The molecule has 104 valence electrons. The highest BCUT2D eigenvalue weighted by atomic mass is 19.4. The van der Waals surface area contributed by atoms with Crippen molar-refractivity contribution in [1.29, 1.82) is 0 Å². The van der Waals surface area contributed by atoms with Gasteiger partial charge in [0.2, 0.25) is 0 Å². The summed E-state index contributed by atoms with van der Waals surface area (Å²) >= 11 is 0. The summed E-state index contributed by atoms with van der Waals surface area (Å²) in [5.41, 5.74) is 7.06. The minimum atomic E-state index is -4.26. The molecule has 0 radical (unpaired) electrons. The van der Waals surface area contributed by atoms with Crippen molar-refractivity contribution in [2.75, 3.05) is 0 Å². The highest BCUT2D eigenvalue weighted by Gasteiger charge is 2.29. The van der Waals surface area contributed by atoms with Crippen LogP contribution in [0.25, 0.3) is 11.0 Å². The first-order valence-electron chi connectivity index (χ1n) is 6.15. The first-order valence-corrected chi connectivity index (χ1v) is 6.15. The molecule has 0 aliphatic heterocycles. The van der Waals surface area contributed by atoms with Crippen molar-refractivity contribution >= 4 is 11.0 Å². The average molecular weight is 271 g/mol. The minimum absolute atomic E-state index is 0.0508. The predicted molar refractivity (Wildman–Crippen MR) is 67.8 cm³/mol. The van der Waals surface area contributed by atoms with E-state index in [0.29, 0.717) is 12.1 Å². The van der Waals surface area contributed by atoms with E-state index in [2.05, 4.69) is 4.98 Å². The number of hydrogen-bond donors (Lipinski definition) is 1. The molecule has 2 rings (SSSR count). The highest BCUT2D eigenvalue weighted by molar-refractivity contribution is 5.80. The van der Waals surface area contributed by atoms with Crippen LogP contribution >= 0.6 is 0 Å². The molecule has 19 heavy (non-hydrogen) atoms. The van der Waals surface area contributed by atoms with Crippen LogP contribution < -0.4 is 5.73 Å². The summed E-state index contributed by atoms with van der Waals surface area (Å²) in [7, 11) is 0. The van der Waals surface area contributed by atoms with E-state index in [1.54, 1.807) is 12.1 Å². The molecule has 1 unspecified atom stereocenters. The fraction of sp³-hybridized carbons (Fsp3) is 0.462. The quantitative estimate of drug-likeness (QED) is 0.929. The van der Waals surface area contributed by atoms with Gasteiger partial charge in [-0.05, 0) is 30.5 Å². The van der Waals surface area contributed by atoms with Gasteiger partial charge < -0.3 is 10.3 Å². The summed E-state index contributed by atoms with van der Waals surface area (Å²) in [6.07, 6.45) is 0.1000. The molecule has 2 aromatic rings. The number of pyridine rings is 1. The third-order valence-corrected chi connectivity index (χ3v) is 3.07. The van der Waals surface area contributed by atoms with E-state index in [-0.39, 0.29) is 6.04 Å². The van der Waals surface area contributed by atoms with Crippen molar-refractivity contribution < 1.29 is 13.2 Å². The molecule has 0 saturated carbocycles. The third kappa shape index (κ3) is 3.26. The van der Waals surface area contributed by atoms with E-state index < -0.39 is 12.7 Å². The lowest BCUT2D eigenvalue weighted by Crippen LogP contribution is -2.21. The molecule has 0 bridgehead atoms. The minimum Gasteiger partial charge on any atom is -0.327 e. The molecule has 0 aromatic carbocycles. The molecular formula is C13H16F3N3. The fourth-order valence-corrected chi connectivity index (χ4v) is 2.10. The van der Waals surface area contributed by atoms with Crippen LogP contribution in [-0.4, -0.2) is 21.8 Å². The standard InChI is InChI=1S/C13H16F3N3/c1-2-10(17)6-9-7-19(8-13(14,15)16)12-11(9)4-3-5-18-12/h3-5,7,10H,2,6,8,17H2,1H3. The molecule has 0 spiro atoms. The van der Waals surface area contributed by atoms with Crippen molar-refractivity contribution in [1.82, 2.24) is 9.55 Å². The Labute approximate surface area is 109 Å². The van der Waals surface area contributed by atoms with E-state index >= 15 is 0 Å². The van der Waals surface area contributed by atoms with Gasteiger partial charge in [0.1, 0.15) is 12.2 Å². The zero-order valence-corrected chi connectivity index (χ0v) is 10.6. The lowest BCUT2D eigenvalue weighted by Gasteiger charge is -2.08. The lowest BCUT2D eigenvalue weighted by atomic mass is 10.1. The third-order valence-electron chi connectivity index (χ3n) is 3.07. The number of fused-ring (bicyclic) bond motifs is 1. The molecule has 0 amide bonds. The Balaban J connectivity index is 2.42. The first-order chi connectivity index (χ1) is 8.90. The largest absolute Gasteiger partial charge is 0.406 e. The SMILES string of the molecule is CCC(N)Cc1cn(CC(F)(F)F)c2ncccc12. The van der Waals surface area contributed by atoms with Crippen LogP contribution in [0.1, 0.15) is 18.9 Å². The van der Waals surface area contributed by atoms with Crippen LogP contribution in [0.2, 0.25) is 0 Å². The van der Waals surface area contributed by atoms with E-state index in [4.69, 9.17) is 5.73 Å². The monoisotopic (exact) mass is 271 g/mol. The molecule has 6 heteroatoms. The molecule has 0 fully saturated rings. The normalized spacial score (nSPS) is 13.9. The molecule has 3 nitrogen and oxygen atoms in total. The lowest BCUT2D eigenvalue weighted by molar-refractivity contribution is -0.139. The maximum Gasteiger partial charge on any atom is 0.406 e. The Kier molecular flexibility index (Phi) is 3.80. The van der Waals surface area contributed by atoms with Crippen LogP contribution in [0.5, 0.6) is 0 Å². The van der Waals surface area contributed by atoms with Crippen molar-refractivity contribution in [3.8, 4) is 0 Å². The van der Waals surface area contributed by atoms with Gasteiger partial charge >= 0.3 is 6.18 Å². The van der Waals surface area contributed by atoms with Crippen LogP contribution in [0, 0.1) is 0 Å². The summed E-state index contributed by atoms with van der Waals surface area (Å²) in [4.78, 5) is 4.04. The van der Waals surface area contributed by atoms with Gasteiger partial charge in [-0.25, -0.2) is 4.98 Å². The second-order valence-electron chi connectivity index (χ2n) is 4.64. The van der Waals surface area contributed by atoms with Crippen molar-refractivity contribution in [3.05, 3.63) is 30.1 Å². The Morgan fingerprint density at radius 3 is 2.79 bits per heavy atom. The Hall–Kier alpha value is -1.56.